The fourth-order valence-electron chi connectivity index (χ4n) is 2.73. The minimum absolute atomic E-state index is 0.177. The number of carbonyl (C=O) groups is 1. The molecule has 4 rings (SSSR count). The Morgan fingerprint density at radius 1 is 1.14 bits per heavy atom. The van der Waals surface area contributed by atoms with Crippen molar-refractivity contribution >= 4 is 33.4 Å². The molecule has 0 aliphatic rings. The number of hydrogen-bond donors (Lipinski definition) is 1. The number of aromatic nitrogens is 4. The van der Waals surface area contributed by atoms with Crippen LogP contribution in [-0.4, -0.2) is 25.4 Å². The second-order valence-electron chi connectivity index (χ2n) is 5.84. The minimum Gasteiger partial charge on any atom is -0.311 e. The summed E-state index contributed by atoms with van der Waals surface area (Å²) in [6.45, 7) is -0.531. The Hall–Kier alpha value is -3.27. The number of anilines is 1. The third kappa shape index (κ3) is 3.58. The molecule has 3 heterocycles. The molecule has 0 atom stereocenters. The zero-order valence-corrected chi connectivity index (χ0v) is 15.0. The van der Waals surface area contributed by atoms with Crippen LogP contribution in [0.4, 0.5) is 18.3 Å². The van der Waals surface area contributed by atoms with Gasteiger partial charge in [0.2, 0.25) is 11.7 Å². The third-order valence-corrected chi connectivity index (χ3v) is 4.68. The van der Waals surface area contributed by atoms with Crippen LogP contribution in [0.2, 0.25) is 0 Å². The molecule has 4 aromatic rings. The van der Waals surface area contributed by atoms with Crippen LogP contribution in [0.15, 0.2) is 54.2 Å². The summed E-state index contributed by atoms with van der Waals surface area (Å²) in [6.07, 6.45) is -1.41. The molecule has 10 heteroatoms. The molecular formula is C18H12F3N5OS. The van der Waals surface area contributed by atoms with Crippen molar-refractivity contribution in [3.63, 3.8) is 0 Å². The molecule has 0 spiro atoms. The molecule has 1 aromatic carbocycles. The van der Waals surface area contributed by atoms with Gasteiger partial charge in [-0.3, -0.25) is 9.78 Å². The normalized spacial score (nSPS) is 11.7. The number of carbonyl (C=O) groups excluding carboxylic acids is 1. The third-order valence-electron chi connectivity index (χ3n) is 3.92. The number of hydrogen-bond acceptors (Lipinski definition) is 5. The maximum absolute atomic E-state index is 13.3. The Labute approximate surface area is 160 Å². The fraction of sp³-hybridized carbons (Fsp3) is 0.111. The predicted molar refractivity (Wildman–Crippen MR) is 98.7 cm³/mol. The van der Waals surface area contributed by atoms with Crippen LogP contribution in [0.25, 0.3) is 22.3 Å². The van der Waals surface area contributed by atoms with Gasteiger partial charge in [0.25, 0.3) is 0 Å². The lowest BCUT2D eigenvalue weighted by molar-refractivity contribution is -0.147. The van der Waals surface area contributed by atoms with E-state index >= 15 is 0 Å². The number of thiazole rings is 1. The lowest BCUT2D eigenvalue weighted by Crippen LogP contribution is -2.23. The van der Waals surface area contributed by atoms with Gasteiger partial charge in [-0.05, 0) is 24.3 Å². The van der Waals surface area contributed by atoms with Gasteiger partial charge >= 0.3 is 6.18 Å². The van der Waals surface area contributed by atoms with Gasteiger partial charge in [-0.1, -0.05) is 12.1 Å². The summed E-state index contributed by atoms with van der Waals surface area (Å²) >= 11 is 1.18. The van der Waals surface area contributed by atoms with Gasteiger partial charge in [0.15, 0.2) is 5.13 Å². The van der Waals surface area contributed by atoms with Crippen molar-refractivity contribution < 1.29 is 18.0 Å². The zero-order chi connectivity index (χ0) is 19.7. The van der Waals surface area contributed by atoms with E-state index in [2.05, 4.69) is 20.3 Å². The monoisotopic (exact) mass is 403 g/mol. The number of pyridine rings is 1. The van der Waals surface area contributed by atoms with E-state index in [4.69, 9.17) is 0 Å². The molecule has 142 valence electrons. The van der Waals surface area contributed by atoms with E-state index in [1.165, 1.54) is 23.5 Å². The summed E-state index contributed by atoms with van der Waals surface area (Å²) < 4.78 is 40.8. The Bertz CT molecular complexity index is 1140. The number of halogens is 3. The summed E-state index contributed by atoms with van der Waals surface area (Å²) in [6, 6.07) is 9.74. The highest BCUT2D eigenvalue weighted by Gasteiger charge is 2.38. The molecule has 0 saturated carbocycles. The summed E-state index contributed by atoms with van der Waals surface area (Å²) in [7, 11) is 0. The molecule has 3 aromatic heterocycles. The average Bonchev–Trinajstić information content (AvgIpc) is 3.27. The van der Waals surface area contributed by atoms with Crippen LogP contribution in [-0.2, 0) is 17.5 Å². The Morgan fingerprint density at radius 3 is 2.71 bits per heavy atom. The molecular weight excluding hydrogens is 391 g/mol. The van der Waals surface area contributed by atoms with Crippen LogP contribution in [0.5, 0.6) is 0 Å². The lowest BCUT2D eigenvalue weighted by Gasteiger charge is -2.10. The first-order valence-electron chi connectivity index (χ1n) is 8.10. The Balaban J connectivity index is 1.57. The number of alkyl halides is 3. The summed E-state index contributed by atoms with van der Waals surface area (Å²) in [5.74, 6) is -1.74. The first-order chi connectivity index (χ1) is 13.4. The van der Waals surface area contributed by atoms with Gasteiger partial charge in [-0.25, -0.2) is 9.97 Å². The predicted octanol–water partition coefficient (Wildman–Crippen LogP) is 4.21. The van der Waals surface area contributed by atoms with Crippen molar-refractivity contribution in [2.45, 2.75) is 12.7 Å². The first-order valence-corrected chi connectivity index (χ1v) is 8.98. The Morgan fingerprint density at radius 2 is 1.96 bits per heavy atom. The van der Waals surface area contributed by atoms with Crippen molar-refractivity contribution in [2.75, 3.05) is 5.32 Å². The standard InChI is InChI=1S/C18H12F3N5OS/c19-18(20,21)16-23-12-5-1-2-6-14(12)26(16)9-15(27)25-17-24-13(10-28-17)11-4-3-7-22-8-11/h1-8,10H,9H2,(H,24,25,27). The highest BCUT2D eigenvalue weighted by atomic mass is 32.1. The number of rotatable bonds is 4. The average molecular weight is 403 g/mol. The van der Waals surface area contributed by atoms with Crippen LogP contribution < -0.4 is 5.32 Å². The molecule has 28 heavy (non-hydrogen) atoms. The maximum atomic E-state index is 13.3. The van der Waals surface area contributed by atoms with Crippen molar-refractivity contribution in [2.24, 2.45) is 0 Å². The highest BCUT2D eigenvalue weighted by Crippen LogP contribution is 2.31. The molecule has 1 N–H and O–H groups in total. The van der Waals surface area contributed by atoms with E-state index in [1.807, 2.05) is 6.07 Å². The molecule has 0 saturated heterocycles. The number of fused-ring (bicyclic) bond motifs is 1. The quantitative estimate of drug-likeness (QED) is 0.554. The van der Waals surface area contributed by atoms with Crippen molar-refractivity contribution in [1.29, 1.82) is 0 Å². The van der Waals surface area contributed by atoms with Gasteiger partial charge in [-0.15, -0.1) is 11.3 Å². The van der Waals surface area contributed by atoms with Crippen molar-refractivity contribution in [3.8, 4) is 11.3 Å². The minimum atomic E-state index is -4.67. The molecule has 0 unspecified atom stereocenters. The smallest absolute Gasteiger partial charge is 0.311 e. The van der Waals surface area contributed by atoms with Crippen LogP contribution in [0, 0.1) is 0 Å². The molecule has 0 radical (unpaired) electrons. The van der Waals surface area contributed by atoms with Crippen LogP contribution in [0.3, 0.4) is 0 Å². The number of imidazole rings is 1. The van der Waals surface area contributed by atoms with E-state index in [0.717, 1.165) is 10.1 Å². The summed E-state index contributed by atoms with van der Waals surface area (Å²) in [4.78, 5) is 24.3. The second-order valence-corrected chi connectivity index (χ2v) is 6.69. The maximum Gasteiger partial charge on any atom is 0.449 e. The number of nitrogens with one attached hydrogen (secondary N) is 1. The molecule has 0 fully saturated rings. The van der Waals surface area contributed by atoms with E-state index in [1.54, 1.807) is 36.0 Å². The second kappa shape index (κ2) is 7.04. The fourth-order valence-corrected chi connectivity index (χ4v) is 3.47. The summed E-state index contributed by atoms with van der Waals surface area (Å²) in [5.41, 5.74) is 1.81. The first kappa shape index (κ1) is 18.1. The van der Waals surface area contributed by atoms with Gasteiger partial charge in [0.1, 0.15) is 6.54 Å². The SMILES string of the molecule is O=C(Cn1c(C(F)(F)F)nc2ccccc21)Nc1nc(-c2cccnc2)cs1. The molecule has 1 amide bonds. The van der Waals surface area contributed by atoms with E-state index in [0.29, 0.717) is 10.8 Å². The topological polar surface area (TPSA) is 72.7 Å². The largest absolute Gasteiger partial charge is 0.449 e. The van der Waals surface area contributed by atoms with Crippen LogP contribution >= 0.6 is 11.3 Å². The molecule has 0 bridgehead atoms. The van der Waals surface area contributed by atoms with Gasteiger partial charge in [-0.2, -0.15) is 13.2 Å². The van der Waals surface area contributed by atoms with Crippen LogP contribution in [0.1, 0.15) is 5.82 Å². The summed E-state index contributed by atoms with van der Waals surface area (Å²) in [5, 5.41) is 4.58. The van der Waals surface area contributed by atoms with E-state index < -0.39 is 24.5 Å². The van der Waals surface area contributed by atoms with Gasteiger partial charge in [0.05, 0.1) is 16.7 Å². The number of nitrogens with zero attached hydrogens (tertiary/aromatic N) is 4. The molecule has 6 nitrogen and oxygen atoms in total. The van der Waals surface area contributed by atoms with E-state index in [-0.39, 0.29) is 11.0 Å². The molecule has 0 aliphatic heterocycles. The lowest BCUT2D eigenvalue weighted by atomic mass is 10.2. The highest BCUT2D eigenvalue weighted by molar-refractivity contribution is 7.14. The van der Waals surface area contributed by atoms with Gasteiger partial charge < -0.3 is 9.88 Å². The van der Waals surface area contributed by atoms with Gasteiger partial charge in [0, 0.05) is 23.3 Å². The molecule has 0 aliphatic carbocycles. The number of benzene rings is 1. The zero-order valence-electron chi connectivity index (χ0n) is 14.1. The van der Waals surface area contributed by atoms with Crippen molar-refractivity contribution in [1.82, 2.24) is 19.5 Å². The number of para-hydroxylation sites is 2. The Kier molecular flexibility index (Phi) is 4.55. The number of amides is 1. The van der Waals surface area contributed by atoms with E-state index in [9.17, 15) is 18.0 Å². The van der Waals surface area contributed by atoms with Crippen molar-refractivity contribution in [3.05, 3.63) is 60.0 Å².